The molecule has 0 spiro atoms. The van der Waals surface area contributed by atoms with Crippen LogP contribution in [0, 0.1) is 5.82 Å². The Hall–Kier alpha value is -1.64. The first kappa shape index (κ1) is 10.9. The van der Waals surface area contributed by atoms with Gasteiger partial charge >= 0.3 is 0 Å². The molecule has 16 heavy (non-hydrogen) atoms. The molecule has 0 saturated heterocycles. The van der Waals surface area contributed by atoms with E-state index in [0.717, 1.165) is 12.8 Å². The lowest BCUT2D eigenvalue weighted by atomic mass is 9.94. The predicted octanol–water partition coefficient (Wildman–Crippen LogP) is 2.16. The van der Waals surface area contributed by atoms with Crippen LogP contribution in [-0.4, -0.2) is 12.5 Å². The molecule has 1 fully saturated rings. The predicted molar refractivity (Wildman–Crippen MR) is 60.5 cm³/mol. The Morgan fingerprint density at radius 2 is 2.19 bits per heavy atom. The van der Waals surface area contributed by atoms with E-state index < -0.39 is 5.41 Å². The molecular formula is C13H14FNO. The van der Waals surface area contributed by atoms with E-state index in [9.17, 15) is 9.18 Å². The number of nitrogens with one attached hydrogen (secondary N) is 1. The Labute approximate surface area is 94.2 Å². The molecule has 0 aromatic heterocycles. The molecule has 0 atom stereocenters. The van der Waals surface area contributed by atoms with Crippen molar-refractivity contribution in [2.45, 2.75) is 18.3 Å². The van der Waals surface area contributed by atoms with E-state index in [1.807, 2.05) is 0 Å². The van der Waals surface area contributed by atoms with Gasteiger partial charge in [-0.05, 0) is 18.9 Å². The second-order valence-corrected chi connectivity index (χ2v) is 4.06. The highest BCUT2D eigenvalue weighted by atomic mass is 19.1. The van der Waals surface area contributed by atoms with Gasteiger partial charge in [0.2, 0.25) is 5.91 Å². The number of halogens is 1. The summed E-state index contributed by atoms with van der Waals surface area (Å²) < 4.78 is 13.6. The van der Waals surface area contributed by atoms with Gasteiger partial charge in [-0.2, -0.15) is 0 Å². The monoisotopic (exact) mass is 219 g/mol. The van der Waals surface area contributed by atoms with Crippen LogP contribution in [0.15, 0.2) is 36.9 Å². The number of benzene rings is 1. The molecule has 1 amide bonds. The zero-order valence-electron chi connectivity index (χ0n) is 9.00. The fourth-order valence-corrected chi connectivity index (χ4v) is 1.93. The molecule has 1 aliphatic carbocycles. The van der Waals surface area contributed by atoms with Gasteiger partial charge in [-0.1, -0.05) is 24.3 Å². The third-order valence-corrected chi connectivity index (χ3v) is 2.98. The van der Waals surface area contributed by atoms with Crippen LogP contribution in [-0.2, 0) is 10.2 Å². The maximum Gasteiger partial charge on any atom is 0.231 e. The van der Waals surface area contributed by atoms with Crippen molar-refractivity contribution in [3.8, 4) is 0 Å². The van der Waals surface area contributed by atoms with E-state index in [0.29, 0.717) is 12.1 Å². The average Bonchev–Trinajstić information content (AvgIpc) is 3.08. The summed E-state index contributed by atoms with van der Waals surface area (Å²) in [5.74, 6) is -0.397. The summed E-state index contributed by atoms with van der Waals surface area (Å²) >= 11 is 0. The Morgan fingerprint density at radius 1 is 1.50 bits per heavy atom. The molecule has 2 rings (SSSR count). The van der Waals surface area contributed by atoms with Gasteiger partial charge in [-0.25, -0.2) is 4.39 Å². The highest BCUT2D eigenvalue weighted by Crippen LogP contribution is 2.49. The van der Waals surface area contributed by atoms with Crippen LogP contribution in [0.3, 0.4) is 0 Å². The van der Waals surface area contributed by atoms with Crippen LogP contribution >= 0.6 is 0 Å². The third-order valence-electron chi connectivity index (χ3n) is 2.98. The molecule has 2 nitrogen and oxygen atoms in total. The summed E-state index contributed by atoms with van der Waals surface area (Å²) in [6, 6.07) is 6.49. The first-order valence-electron chi connectivity index (χ1n) is 5.35. The van der Waals surface area contributed by atoms with E-state index >= 15 is 0 Å². The molecule has 0 radical (unpaired) electrons. The Morgan fingerprint density at radius 3 is 2.75 bits per heavy atom. The third kappa shape index (κ3) is 1.73. The van der Waals surface area contributed by atoms with Gasteiger partial charge in [0.05, 0.1) is 5.41 Å². The minimum atomic E-state index is -0.631. The van der Waals surface area contributed by atoms with Gasteiger partial charge in [0.15, 0.2) is 0 Å². The summed E-state index contributed by atoms with van der Waals surface area (Å²) in [5.41, 5.74) is -0.120. The van der Waals surface area contributed by atoms with Crippen molar-refractivity contribution in [3.05, 3.63) is 48.3 Å². The molecule has 1 saturated carbocycles. The van der Waals surface area contributed by atoms with Crippen molar-refractivity contribution in [3.63, 3.8) is 0 Å². The first-order chi connectivity index (χ1) is 7.70. The van der Waals surface area contributed by atoms with Crippen molar-refractivity contribution in [1.29, 1.82) is 0 Å². The maximum atomic E-state index is 13.6. The van der Waals surface area contributed by atoms with Crippen LogP contribution in [0.25, 0.3) is 0 Å². The van der Waals surface area contributed by atoms with Gasteiger partial charge in [0, 0.05) is 12.1 Å². The van der Waals surface area contributed by atoms with Gasteiger partial charge in [-0.3, -0.25) is 4.79 Å². The Bertz CT molecular complexity index is 424. The summed E-state index contributed by atoms with van der Waals surface area (Å²) in [5, 5.41) is 2.74. The van der Waals surface area contributed by atoms with Gasteiger partial charge in [0.1, 0.15) is 5.82 Å². The average molecular weight is 219 g/mol. The lowest BCUT2D eigenvalue weighted by molar-refractivity contribution is -0.123. The molecule has 1 aromatic rings. The smallest absolute Gasteiger partial charge is 0.231 e. The van der Waals surface area contributed by atoms with Crippen LogP contribution < -0.4 is 5.32 Å². The van der Waals surface area contributed by atoms with Gasteiger partial charge < -0.3 is 5.32 Å². The zero-order chi connectivity index (χ0) is 11.6. The maximum absolute atomic E-state index is 13.6. The van der Waals surface area contributed by atoms with E-state index in [2.05, 4.69) is 11.9 Å². The molecule has 1 N–H and O–H groups in total. The van der Waals surface area contributed by atoms with Crippen molar-refractivity contribution < 1.29 is 9.18 Å². The highest BCUT2D eigenvalue weighted by Gasteiger charge is 2.52. The highest BCUT2D eigenvalue weighted by molar-refractivity contribution is 5.91. The normalized spacial score (nSPS) is 16.6. The number of amides is 1. The summed E-state index contributed by atoms with van der Waals surface area (Å²) in [4.78, 5) is 11.9. The van der Waals surface area contributed by atoms with Gasteiger partial charge in [0.25, 0.3) is 0 Å². The minimum absolute atomic E-state index is 0.0995. The van der Waals surface area contributed by atoms with Crippen molar-refractivity contribution >= 4 is 5.91 Å². The van der Waals surface area contributed by atoms with Crippen molar-refractivity contribution in [2.75, 3.05) is 6.54 Å². The minimum Gasteiger partial charge on any atom is -0.352 e. The largest absolute Gasteiger partial charge is 0.352 e. The van der Waals surface area contributed by atoms with E-state index in [1.165, 1.54) is 6.07 Å². The summed E-state index contributed by atoms with van der Waals surface area (Å²) in [6.45, 7) is 3.96. The molecule has 1 aromatic carbocycles. The molecular weight excluding hydrogens is 205 g/mol. The van der Waals surface area contributed by atoms with Crippen LogP contribution in [0.2, 0.25) is 0 Å². The number of hydrogen-bond acceptors (Lipinski definition) is 1. The Balaban J connectivity index is 2.23. The van der Waals surface area contributed by atoms with Crippen LogP contribution in [0.1, 0.15) is 18.4 Å². The molecule has 0 aliphatic heterocycles. The van der Waals surface area contributed by atoms with E-state index in [1.54, 1.807) is 24.3 Å². The molecule has 84 valence electrons. The second-order valence-electron chi connectivity index (χ2n) is 4.06. The Kier molecular flexibility index (Phi) is 2.77. The van der Waals surface area contributed by atoms with Crippen molar-refractivity contribution in [2.24, 2.45) is 0 Å². The number of hydrogen-bond donors (Lipinski definition) is 1. The van der Waals surface area contributed by atoms with Crippen LogP contribution in [0.4, 0.5) is 4.39 Å². The molecule has 1 aliphatic rings. The van der Waals surface area contributed by atoms with Gasteiger partial charge in [-0.15, -0.1) is 6.58 Å². The topological polar surface area (TPSA) is 29.1 Å². The van der Waals surface area contributed by atoms with Crippen LogP contribution in [0.5, 0.6) is 0 Å². The molecule has 0 heterocycles. The summed E-state index contributed by atoms with van der Waals surface area (Å²) in [7, 11) is 0. The lowest BCUT2D eigenvalue weighted by Gasteiger charge is -2.15. The number of rotatable bonds is 4. The first-order valence-corrected chi connectivity index (χ1v) is 5.35. The lowest BCUT2D eigenvalue weighted by Crippen LogP contribution is -2.35. The number of carbonyl (C=O) groups is 1. The zero-order valence-corrected chi connectivity index (χ0v) is 9.00. The molecule has 0 unspecified atom stereocenters. The standard InChI is InChI=1S/C13H14FNO/c1-2-9-15-12(16)13(7-8-13)10-5-3-4-6-11(10)14/h2-6H,1,7-9H2,(H,15,16). The fraction of sp³-hybridized carbons (Fsp3) is 0.308. The SMILES string of the molecule is C=CCNC(=O)C1(c2ccccc2F)CC1. The van der Waals surface area contributed by atoms with E-state index in [4.69, 9.17) is 0 Å². The molecule has 3 heteroatoms. The second kappa shape index (κ2) is 4.08. The van der Waals surface area contributed by atoms with Crippen molar-refractivity contribution in [1.82, 2.24) is 5.32 Å². The summed E-state index contributed by atoms with van der Waals surface area (Å²) in [6.07, 6.45) is 3.06. The quantitative estimate of drug-likeness (QED) is 0.772. The fourth-order valence-electron chi connectivity index (χ4n) is 1.93. The van der Waals surface area contributed by atoms with E-state index in [-0.39, 0.29) is 11.7 Å². The molecule has 0 bridgehead atoms. The number of carbonyl (C=O) groups excluding carboxylic acids is 1.